The third kappa shape index (κ3) is 10.1. The Kier molecular flexibility index (Phi) is 10.2. The van der Waals surface area contributed by atoms with Crippen molar-refractivity contribution in [3.8, 4) is 0 Å². The Morgan fingerprint density at radius 1 is 1.00 bits per heavy atom. The summed E-state index contributed by atoms with van der Waals surface area (Å²) < 4.78 is 0. The fraction of sp³-hybridized carbons (Fsp3) is 1.00. The van der Waals surface area contributed by atoms with Gasteiger partial charge >= 0.3 is 0 Å². The van der Waals surface area contributed by atoms with Crippen molar-refractivity contribution in [2.75, 3.05) is 32.8 Å². The highest BCUT2D eigenvalue weighted by Crippen LogP contribution is 1.93. The highest BCUT2D eigenvalue weighted by atomic mass is 16.3. The molecule has 5 heteroatoms. The Morgan fingerprint density at radius 2 is 1.60 bits per heavy atom. The van der Waals surface area contributed by atoms with Gasteiger partial charge in [0.2, 0.25) is 0 Å². The van der Waals surface area contributed by atoms with Crippen molar-refractivity contribution in [1.29, 1.82) is 0 Å². The smallest absolute Gasteiger partial charge is 0.0788 e. The van der Waals surface area contributed by atoms with Gasteiger partial charge in [0.15, 0.2) is 0 Å². The monoisotopic (exact) mass is 220 g/mol. The molecular formula is C10H24N2O3. The zero-order chi connectivity index (χ0) is 11.5. The van der Waals surface area contributed by atoms with Crippen LogP contribution >= 0.6 is 0 Å². The minimum Gasteiger partial charge on any atom is -0.395 e. The summed E-state index contributed by atoms with van der Waals surface area (Å²) in [6, 6.07) is 0. The summed E-state index contributed by atoms with van der Waals surface area (Å²) in [6.07, 6.45) is 0.938. The van der Waals surface area contributed by atoms with E-state index in [-0.39, 0.29) is 12.7 Å². The van der Waals surface area contributed by atoms with E-state index in [1.54, 1.807) is 0 Å². The van der Waals surface area contributed by atoms with Crippen molar-refractivity contribution in [2.24, 2.45) is 0 Å². The number of rotatable bonds is 10. The van der Waals surface area contributed by atoms with Gasteiger partial charge in [-0.2, -0.15) is 0 Å². The minimum absolute atomic E-state index is 0.0787. The van der Waals surface area contributed by atoms with E-state index in [4.69, 9.17) is 5.11 Å². The molecule has 0 amide bonds. The molecule has 0 rings (SSSR count). The lowest BCUT2D eigenvalue weighted by atomic mass is 10.2. The number of hydrogen-bond acceptors (Lipinski definition) is 5. The third-order valence-electron chi connectivity index (χ3n) is 2.05. The molecule has 0 saturated carbocycles. The number of hydrogen-bond donors (Lipinski definition) is 5. The number of aliphatic hydroxyl groups excluding tert-OH is 3. The predicted octanol–water partition coefficient (Wildman–Crippen LogP) is -1.32. The second kappa shape index (κ2) is 10.3. The first-order valence-corrected chi connectivity index (χ1v) is 5.59. The van der Waals surface area contributed by atoms with Gasteiger partial charge < -0.3 is 26.0 Å². The minimum atomic E-state index is -0.481. The Morgan fingerprint density at radius 3 is 2.20 bits per heavy atom. The van der Waals surface area contributed by atoms with Gasteiger partial charge in [-0.25, -0.2) is 0 Å². The Labute approximate surface area is 91.5 Å². The van der Waals surface area contributed by atoms with E-state index in [9.17, 15) is 10.2 Å². The average molecular weight is 220 g/mol. The van der Waals surface area contributed by atoms with Crippen LogP contribution < -0.4 is 10.6 Å². The van der Waals surface area contributed by atoms with Gasteiger partial charge in [-0.1, -0.05) is 13.3 Å². The SMILES string of the molecule is CCCC(O)CNCC(O)CNCCO. The molecule has 0 aromatic rings. The van der Waals surface area contributed by atoms with Gasteiger partial charge in [-0.15, -0.1) is 0 Å². The van der Waals surface area contributed by atoms with Crippen LogP contribution in [-0.4, -0.2) is 60.3 Å². The van der Waals surface area contributed by atoms with Crippen LogP contribution in [0.15, 0.2) is 0 Å². The summed E-state index contributed by atoms with van der Waals surface area (Å²) in [5.41, 5.74) is 0. The topological polar surface area (TPSA) is 84.8 Å². The normalized spacial score (nSPS) is 15.2. The van der Waals surface area contributed by atoms with Gasteiger partial charge in [-0.3, -0.25) is 0 Å². The van der Waals surface area contributed by atoms with E-state index in [1.165, 1.54) is 0 Å². The zero-order valence-electron chi connectivity index (χ0n) is 9.45. The molecule has 0 bridgehead atoms. The maximum atomic E-state index is 9.43. The van der Waals surface area contributed by atoms with Crippen LogP contribution in [0.5, 0.6) is 0 Å². The van der Waals surface area contributed by atoms with Crippen molar-refractivity contribution in [3.63, 3.8) is 0 Å². The third-order valence-corrected chi connectivity index (χ3v) is 2.05. The van der Waals surface area contributed by atoms with Crippen molar-refractivity contribution in [1.82, 2.24) is 10.6 Å². The molecule has 2 unspecified atom stereocenters. The van der Waals surface area contributed by atoms with Gasteiger partial charge in [-0.05, 0) is 6.42 Å². The summed E-state index contributed by atoms with van der Waals surface area (Å²) in [7, 11) is 0. The van der Waals surface area contributed by atoms with Gasteiger partial charge in [0.1, 0.15) is 0 Å². The van der Waals surface area contributed by atoms with Crippen molar-refractivity contribution in [2.45, 2.75) is 32.0 Å². The molecule has 5 nitrogen and oxygen atoms in total. The quantitative estimate of drug-likeness (QED) is 0.295. The molecule has 0 radical (unpaired) electrons. The molecule has 0 aromatic heterocycles. The number of nitrogens with one attached hydrogen (secondary N) is 2. The molecule has 0 aliphatic rings. The van der Waals surface area contributed by atoms with Crippen molar-refractivity contribution < 1.29 is 15.3 Å². The molecule has 0 aromatic carbocycles. The van der Waals surface area contributed by atoms with E-state index in [0.717, 1.165) is 12.8 Å². The second-order valence-electron chi connectivity index (χ2n) is 3.68. The summed E-state index contributed by atoms with van der Waals surface area (Å²) in [6.45, 7) is 4.03. The fourth-order valence-corrected chi connectivity index (χ4v) is 1.27. The molecular weight excluding hydrogens is 196 g/mol. The number of aliphatic hydroxyl groups is 3. The predicted molar refractivity (Wildman–Crippen MR) is 59.7 cm³/mol. The van der Waals surface area contributed by atoms with Crippen molar-refractivity contribution in [3.05, 3.63) is 0 Å². The van der Waals surface area contributed by atoms with E-state index in [2.05, 4.69) is 10.6 Å². The molecule has 0 fully saturated rings. The van der Waals surface area contributed by atoms with Gasteiger partial charge in [0.05, 0.1) is 18.8 Å². The molecule has 92 valence electrons. The molecule has 5 N–H and O–H groups in total. The van der Waals surface area contributed by atoms with Crippen LogP contribution in [0.3, 0.4) is 0 Å². The highest BCUT2D eigenvalue weighted by Gasteiger charge is 2.05. The highest BCUT2D eigenvalue weighted by molar-refractivity contribution is 4.65. The van der Waals surface area contributed by atoms with Crippen LogP contribution in [0.2, 0.25) is 0 Å². The van der Waals surface area contributed by atoms with E-state index < -0.39 is 6.10 Å². The molecule has 0 heterocycles. The lowest BCUT2D eigenvalue weighted by molar-refractivity contribution is 0.137. The Balaban J connectivity index is 3.26. The van der Waals surface area contributed by atoms with E-state index >= 15 is 0 Å². The molecule has 2 atom stereocenters. The van der Waals surface area contributed by atoms with Crippen LogP contribution in [0.4, 0.5) is 0 Å². The summed E-state index contributed by atoms with van der Waals surface area (Å²) in [5.74, 6) is 0. The first kappa shape index (κ1) is 14.8. The summed E-state index contributed by atoms with van der Waals surface area (Å²) in [4.78, 5) is 0. The van der Waals surface area contributed by atoms with Crippen molar-refractivity contribution >= 4 is 0 Å². The van der Waals surface area contributed by atoms with E-state index in [1.807, 2.05) is 6.92 Å². The van der Waals surface area contributed by atoms with E-state index in [0.29, 0.717) is 26.2 Å². The zero-order valence-corrected chi connectivity index (χ0v) is 9.45. The lowest BCUT2D eigenvalue weighted by Crippen LogP contribution is -2.39. The molecule has 0 spiro atoms. The molecule has 0 aliphatic carbocycles. The van der Waals surface area contributed by atoms with Crippen LogP contribution in [0.25, 0.3) is 0 Å². The largest absolute Gasteiger partial charge is 0.395 e. The maximum Gasteiger partial charge on any atom is 0.0788 e. The first-order valence-electron chi connectivity index (χ1n) is 5.59. The lowest BCUT2D eigenvalue weighted by Gasteiger charge is -2.14. The van der Waals surface area contributed by atoms with Gasteiger partial charge in [0, 0.05) is 26.2 Å². The van der Waals surface area contributed by atoms with Crippen LogP contribution in [0, 0.1) is 0 Å². The standard InChI is InChI=1S/C10H24N2O3/c1-2-3-9(14)6-12-8-10(15)7-11-4-5-13/h9-15H,2-8H2,1H3. The fourth-order valence-electron chi connectivity index (χ4n) is 1.27. The first-order chi connectivity index (χ1) is 7.20. The average Bonchev–Trinajstić information content (AvgIpc) is 2.18. The molecule has 0 aliphatic heterocycles. The van der Waals surface area contributed by atoms with Crippen LogP contribution in [0.1, 0.15) is 19.8 Å². The van der Waals surface area contributed by atoms with Gasteiger partial charge in [0.25, 0.3) is 0 Å². The summed E-state index contributed by atoms with van der Waals surface area (Å²) >= 11 is 0. The Bertz CT molecular complexity index is 136. The van der Waals surface area contributed by atoms with Crippen LogP contribution in [-0.2, 0) is 0 Å². The molecule has 0 saturated heterocycles. The second-order valence-corrected chi connectivity index (χ2v) is 3.68. The Hall–Kier alpha value is -0.200. The molecule has 15 heavy (non-hydrogen) atoms. The summed E-state index contributed by atoms with van der Waals surface area (Å²) in [5, 5.41) is 33.2. The maximum absolute atomic E-state index is 9.43.